The van der Waals surface area contributed by atoms with Gasteiger partial charge in [0.2, 0.25) is 10.0 Å². The van der Waals surface area contributed by atoms with E-state index < -0.39 is 15.8 Å². The zero-order valence-corrected chi connectivity index (χ0v) is 18.7. The molecule has 0 saturated carbocycles. The Labute approximate surface area is 180 Å². The number of fused-ring (bicyclic) bond motifs is 1. The summed E-state index contributed by atoms with van der Waals surface area (Å²) >= 11 is 0. The van der Waals surface area contributed by atoms with E-state index >= 15 is 0 Å². The summed E-state index contributed by atoms with van der Waals surface area (Å²) in [6, 6.07) is 7.25. The van der Waals surface area contributed by atoms with Crippen LogP contribution in [0.2, 0.25) is 0 Å². The van der Waals surface area contributed by atoms with Crippen molar-refractivity contribution in [3.63, 3.8) is 0 Å². The second kappa shape index (κ2) is 8.93. The van der Waals surface area contributed by atoms with E-state index in [1.807, 2.05) is 6.92 Å². The maximum absolute atomic E-state index is 13.4. The topological polar surface area (TPSA) is 93.0 Å². The minimum absolute atomic E-state index is 0.281. The van der Waals surface area contributed by atoms with Gasteiger partial charge in [-0.1, -0.05) is 13.3 Å². The fourth-order valence-corrected chi connectivity index (χ4v) is 3.57. The lowest BCUT2D eigenvalue weighted by Crippen LogP contribution is -2.26. The molecule has 0 atom stereocenters. The maximum Gasteiger partial charge on any atom is 0.255 e. The van der Waals surface area contributed by atoms with Gasteiger partial charge < -0.3 is 10.1 Å². The molecular weight excluding hydrogens is 423 g/mol. The van der Waals surface area contributed by atoms with Gasteiger partial charge in [0.1, 0.15) is 22.9 Å². The minimum atomic E-state index is -3.57. The van der Waals surface area contributed by atoms with E-state index in [0.29, 0.717) is 34.8 Å². The molecule has 1 amide bonds. The third-order valence-corrected chi connectivity index (χ3v) is 6.07. The van der Waals surface area contributed by atoms with Gasteiger partial charge in [-0.15, -0.1) is 0 Å². The highest BCUT2D eigenvalue weighted by molar-refractivity contribution is 7.92. The number of benzene rings is 1. The number of aromatic nitrogens is 2. The van der Waals surface area contributed by atoms with Gasteiger partial charge in [-0.3, -0.25) is 9.10 Å². The molecule has 0 saturated heterocycles. The Bertz CT molecular complexity index is 1210. The molecule has 0 aliphatic carbocycles. The largest absolute Gasteiger partial charge is 0.491 e. The average molecular weight is 449 g/mol. The van der Waals surface area contributed by atoms with E-state index in [2.05, 4.69) is 10.4 Å². The number of anilines is 1. The van der Waals surface area contributed by atoms with Crippen LogP contribution in [0.5, 0.6) is 5.75 Å². The molecule has 166 valence electrons. The zero-order valence-electron chi connectivity index (χ0n) is 17.8. The molecular formula is C21H25FN4O4S. The van der Waals surface area contributed by atoms with Crippen molar-refractivity contribution in [1.82, 2.24) is 14.9 Å². The molecule has 3 aromatic rings. The van der Waals surface area contributed by atoms with Crippen molar-refractivity contribution >= 4 is 27.1 Å². The molecule has 0 aliphatic rings. The monoisotopic (exact) mass is 448 g/mol. The number of amides is 1. The molecule has 2 aromatic heterocycles. The molecule has 0 spiro atoms. The number of unbranched alkanes of at least 4 members (excludes halogenated alkanes) is 1. The van der Waals surface area contributed by atoms with Crippen LogP contribution in [0.15, 0.2) is 36.5 Å². The summed E-state index contributed by atoms with van der Waals surface area (Å²) in [5.41, 5.74) is 1.91. The summed E-state index contributed by atoms with van der Waals surface area (Å²) < 4.78 is 46.2. The summed E-state index contributed by atoms with van der Waals surface area (Å²) in [6.07, 6.45) is 4.30. The fraction of sp³-hybridized carbons (Fsp3) is 0.333. The van der Waals surface area contributed by atoms with Crippen LogP contribution < -0.4 is 14.4 Å². The highest BCUT2D eigenvalue weighted by Gasteiger charge is 2.25. The van der Waals surface area contributed by atoms with Gasteiger partial charge >= 0.3 is 0 Å². The van der Waals surface area contributed by atoms with Crippen LogP contribution in [0.3, 0.4) is 0 Å². The van der Waals surface area contributed by atoms with Gasteiger partial charge in [0.05, 0.1) is 30.1 Å². The number of carbonyl (C=O) groups is 1. The van der Waals surface area contributed by atoms with E-state index in [9.17, 15) is 17.6 Å². The van der Waals surface area contributed by atoms with Crippen molar-refractivity contribution in [1.29, 1.82) is 0 Å². The van der Waals surface area contributed by atoms with Crippen molar-refractivity contribution in [2.24, 2.45) is 0 Å². The summed E-state index contributed by atoms with van der Waals surface area (Å²) in [6.45, 7) is 2.41. The third kappa shape index (κ3) is 4.63. The predicted molar refractivity (Wildman–Crippen MR) is 118 cm³/mol. The van der Waals surface area contributed by atoms with E-state index in [4.69, 9.17) is 4.74 Å². The number of carbonyl (C=O) groups excluding carboxylic acids is 1. The molecule has 0 bridgehead atoms. The lowest BCUT2D eigenvalue weighted by molar-refractivity contribution is 0.0965. The fourth-order valence-electron chi connectivity index (χ4n) is 3.08. The number of rotatable bonds is 8. The Morgan fingerprint density at radius 2 is 1.97 bits per heavy atom. The minimum Gasteiger partial charge on any atom is -0.491 e. The summed E-state index contributed by atoms with van der Waals surface area (Å²) in [7, 11) is -0.639. The second-order valence-corrected chi connectivity index (χ2v) is 9.11. The Morgan fingerprint density at radius 3 is 2.55 bits per heavy atom. The molecule has 31 heavy (non-hydrogen) atoms. The number of sulfonamides is 1. The molecule has 0 fully saturated rings. The lowest BCUT2D eigenvalue weighted by atomic mass is 10.1. The maximum atomic E-state index is 13.4. The van der Waals surface area contributed by atoms with Gasteiger partial charge in [0.25, 0.3) is 5.91 Å². The van der Waals surface area contributed by atoms with Crippen molar-refractivity contribution in [2.75, 3.05) is 31.3 Å². The third-order valence-electron chi connectivity index (χ3n) is 4.88. The molecule has 1 N–H and O–H groups in total. The van der Waals surface area contributed by atoms with Gasteiger partial charge in [0.15, 0.2) is 0 Å². The average Bonchev–Trinajstić information content (AvgIpc) is 3.10. The van der Waals surface area contributed by atoms with Gasteiger partial charge in [-0.2, -0.15) is 5.10 Å². The van der Waals surface area contributed by atoms with E-state index in [-0.39, 0.29) is 11.5 Å². The van der Waals surface area contributed by atoms with E-state index in [0.717, 1.165) is 23.4 Å². The van der Waals surface area contributed by atoms with Crippen LogP contribution in [0.25, 0.3) is 16.8 Å². The van der Waals surface area contributed by atoms with Gasteiger partial charge in [-0.05, 0) is 30.7 Å². The van der Waals surface area contributed by atoms with Crippen molar-refractivity contribution in [3.8, 4) is 17.0 Å². The zero-order chi connectivity index (χ0) is 22.8. The van der Waals surface area contributed by atoms with Crippen molar-refractivity contribution in [3.05, 3.63) is 47.9 Å². The second-order valence-electron chi connectivity index (χ2n) is 7.09. The van der Waals surface area contributed by atoms with Gasteiger partial charge in [-0.25, -0.2) is 17.3 Å². The summed E-state index contributed by atoms with van der Waals surface area (Å²) in [5.74, 6) is -0.458. The number of pyridine rings is 1. The number of nitrogens with zero attached hydrogens (tertiary/aromatic N) is 3. The number of nitrogens with one attached hydrogen (secondary N) is 1. The predicted octanol–water partition coefficient (Wildman–Crippen LogP) is 3.07. The Hall–Kier alpha value is -3.14. The first-order valence-electron chi connectivity index (χ1n) is 9.78. The molecule has 0 radical (unpaired) electrons. The van der Waals surface area contributed by atoms with E-state index in [1.165, 1.54) is 49.1 Å². The SMILES string of the molecule is CCCCOc1cc2c(C(=O)NC)c(-c3ccc(F)cc3)nn2cc1N(C)S(C)(=O)=O. The molecule has 10 heteroatoms. The normalized spacial score (nSPS) is 11.5. The van der Waals surface area contributed by atoms with Gasteiger partial charge in [0, 0.05) is 25.7 Å². The Balaban J connectivity index is 2.28. The smallest absolute Gasteiger partial charge is 0.255 e. The highest BCUT2D eigenvalue weighted by Crippen LogP contribution is 2.35. The van der Waals surface area contributed by atoms with Crippen LogP contribution in [0.1, 0.15) is 30.1 Å². The lowest BCUT2D eigenvalue weighted by Gasteiger charge is -2.20. The summed E-state index contributed by atoms with van der Waals surface area (Å²) in [4.78, 5) is 12.7. The first-order valence-corrected chi connectivity index (χ1v) is 11.6. The number of halogens is 1. The Kier molecular flexibility index (Phi) is 6.49. The first kappa shape index (κ1) is 22.5. The molecule has 3 rings (SSSR count). The highest BCUT2D eigenvalue weighted by atomic mass is 32.2. The number of hydrogen-bond acceptors (Lipinski definition) is 5. The molecule has 2 heterocycles. The molecule has 1 aromatic carbocycles. The van der Waals surface area contributed by atoms with Crippen LogP contribution in [0.4, 0.5) is 10.1 Å². The van der Waals surface area contributed by atoms with Crippen molar-refractivity contribution < 1.29 is 22.3 Å². The van der Waals surface area contributed by atoms with Crippen LogP contribution in [-0.2, 0) is 10.0 Å². The number of hydrogen-bond donors (Lipinski definition) is 1. The van der Waals surface area contributed by atoms with Crippen molar-refractivity contribution in [2.45, 2.75) is 19.8 Å². The Morgan fingerprint density at radius 1 is 1.29 bits per heavy atom. The quantitative estimate of drug-likeness (QED) is 0.535. The molecule has 0 aliphatic heterocycles. The number of ether oxygens (including phenoxy) is 1. The first-order chi connectivity index (χ1) is 14.7. The standard InChI is InChI=1S/C21H25FN4O4S/c1-5-6-11-30-18-12-16-19(21(27)23-2)20(14-7-9-15(22)10-8-14)24-26(16)13-17(18)25(3)31(4,28)29/h7-10,12-13H,5-6,11H2,1-4H3,(H,23,27). The van der Waals surface area contributed by atoms with Crippen LogP contribution in [-0.4, -0.2) is 50.9 Å². The summed E-state index contributed by atoms with van der Waals surface area (Å²) in [5, 5.41) is 7.10. The van der Waals surface area contributed by atoms with Crippen LogP contribution >= 0.6 is 0 Å². The van der Waals surface area contributed by atoms with Crippen LogP contribution in [0, 0.1) is 5.82 Å². The molecule has 8 nitrogen and oxygen atoms in total. The molecule has 0 unspecified atom stereocenters. The van der Waals surface area contributed by atoms with E-state index in [1.54, 1.807) is 6.07 Å².